The number of hydrogen-bond acceptors (Lipinski definition) is 1. The molecule has 0 saturated carbocycles. The molecule has 0 saturated heterocycles. The third-order valence-corrected chi connectivity index (χ3v) is 2.13. The van der Waals surface area contributed by atoms with E-state index in [2.05, 4.69) is 20.9 Å². The fourth-order valence-corrected chi connectivity index (χ4v) is 0.718. The molecule has 0 fully saturated rings. The molecule has 0 aromatic heterocycles. The van der Waals surface area contributed by atoms with Gasteiger partial charge in [-0.1, -0.05) is 0 Å². The fourth-order valence-electron chi connectivity index (χ4n) is 0.718. The smallest absolute Gasteiger partial charge is 0.182 e. The fraction of sp³-hybridized carbons (Fsp3) is 1.00. The zero-order valence-corrected chi connectivity index (χ0v) is 7.68. The van der Waals surface area contributed by atoms with Crippen molar-refractivity contribution >= 4 is 0 Å². The van der Waals surface area contributed by atoms with Gasteiger partial charge >= 0.3 is 0 Å². The zero-order valence-electron chi connectivity index (χ0n) is 7.68. The van der Waals surface area contributed by atoms with Crippen molar-refractivity contribution in [1.29, 1.82) is 0 Å². The summed E-state index contributed by atoms with van der Waals surface area (Å²) >= 11 is 0. The normalized spacial score (nSPS) is 12.0. The van der Waals surface area contributed by atoms with Gasteiger partial charge < -0.3 is 9.22 Å². The maximum absolute atomic E-state index is 5.35. The minimum Gasteiger partial charge on any atom is -0.332 e. The van der Waals surface area contributed by atoms with Crippen molar-refractivity contribution in [3.05, 3.63) is 0 Å². The molecule has 0 bridgehead atoms. The van der Waals surface area contributed by atoms with E-state index in [9.17, 15) is 0 Å². The lowest BCUT2D eigenvalue weighted by Gasteiger charge is -2.31. The molecule has 0 aromatic carbocycles. The predicted octanol–water partition coefficient (Wildman–Crippen LogP) is 1.47. The van der Waals surface area contributed by atoms with Gasteiger partial charge in [0.1, 0.15) is 0 Å². The summed E-state index contributed by atoms with van der Waals surface area (Å²) in [4.78, 5) is 0. The van der Waals surface area contributed by atoms with Crippen molar-refractivity contribution in [3.8, 4) is 0 Å². The largest absolute Gasteiger partial charge is 0.332 e. The summed E-state index contributed by atoms with van der Waals surface area (Å²) in [6, 6.07) is 0. The van der Waals surface area contributed by atoms with Gasteiger partial charge in [0.25, 0.3) is 0 Å². The Balaban J connectivity index is 3.58. The monoisotopic (exact) mass is 146 g/mol. The highest BCUT2D eigenvalue weighted by Crippen LogP contribution is 2.00. The molecule has 0 aliphatic carbocycles. The van der Waals surface area contributed by atoms with Crippen LogP contribution in [0.2, 0.25) is 0 Å². The highest BCUT2D eigenvalue weighted by molar-refractivity contribution is 4.23. The standard InChI is InChI=1S/C8H20NO/c1-5-9(4,6-2)8-10-7-3/h5-8H2,1-4H3/q+1. The summed E-state index contributed by atoms with van der Waals surface area (Å²) in [5.41, 5.74) is 0. The summed E-state index contributed by atoms with van der Waals surface area (Å²) in [5.74, 6) is 0. The van der Waals surface area contributed by atoms with Crippen molar-refractivity contribution in [2.75, 3.05) is 33.5 Å². The Labute approximate surface area is 64.4 Å². The highest BCUT2D eigenvalue weighted by atomic mass is 16.5. The Morgan fingerprint density at radius 3 is 1.90 bits per heavy atom. The van der Waals surface area contributed by atoms with Crippen molar-refractivity contribution in [2.24, 2.45) is 0 Å². The molecule has 0 heterocycles. The Morgan fingerprint density at radius 2 is 1.60 bits per heavy atom. The van der Waals surface area contributed by atoms with Crippen LogP contribution in [0.25, 0.3) is 0 Å². The lowest BCUT2D eigenvalue weighted by molar-refractivity contribution is -0.924. The van der Waals surface area contributed by atoms with Gasteiger partial charge in [0.15, 0.2) is 6.73 Å². The molecular formula is C8H20NO+. The van der Waals surface area contributed by atoms with Gasteiger partial charge in [-0.05, 0) is 20.8 Å². The minimum atomic E-state index is 0.827. The number of hydrogen-bond donors (Lipinski definition) is 0. The molecule has 0 unspecified atom stereocenters. The SMILES string of the molecule is CCOC[N+](C)(CC)CC. The van der Waals surface area contributed by atoms with Crippen LogP contribution in [0.5, 0.6) is 0 Å². The Morgan fingerprint density at radius 1 is 1.10 bits per heavy atom. The van der Waals surface area contributed by atoms with Gasteiger partial charge in [-0.3, -0.25) is 0 Å². The molecule has 62 valence electrons. The highest BCUT2D eigenvalue weighted by Gasteiger charge is 2.14. The summed E-state index contributed by atoms with van der Waals surface area (Å²) in [7, 11) is 2.22. The molecule has 0 radical (unpaired) electrons. The Kier molecular flexibility index (Phi) is 4.65. The summed E-state index contributed by atoms with van der Waals surface area (Å²) in [6.07, 6.45) is 0. The van der Waals surface area contributed by atoms with Crippen molar-refractivity contribution in [1.82, 2.24) is 0 Å². The van der Waals surface area contributed by atoms with Gasteiger partial charge in [0, 0.05) is 6.61 Å². The average molecular weight is 146 g/mol. The second-order valence-corrected chi connectivity index (χ2v) is 2.87. The summed E-state index contributed by atoms with van der Waals surface area (Å²) < 4.78 is 6.37. The van der Waals surface area contributed by atoms with E-state index in [0.717, 1.165) is 30.9 Å². The van der Waals surface area contributed by atoms with Crippen LogP contribution in [0.3, 0.4) is 0 Å². The number of rotatable bonds is 5. The van der Waals surface area contributed by atoms with E-state index in [1.165, 1.54) is 0 Å². The summed E-state index contributed by atoms with van der Waals surface area (Å²) in [6.45, 7) is 10.4. The molecule has 0 N–H and O–H groups in total. The molecule has 0 aliphatic heterocycles. The molecule has 0 amide bonds. The quantitative estimate of drug-likeness (QED) is 0.421. The third kappa shape index (κ3) is 3.18. The molecule has 0 atom stereocenters. The average Bonchev–Trinajstić information content (AvgIpc) is 2.00. The molecule has 0 rings (SSSR count). The van der Waals surface area contributed by atoms with E-state index in [4.69, 9.17) is 4.74 Å². The summed E-state index contributed by atoms with van der Waals surface area (Å²) in [5, 5.41) is 0. The van der Waals surface area contributed by atoms with Crippen molar-refractivity contribution < 1.29 is 9.22 Å². The number of ether oxygens (including phenoxy) is 1. The first-order valence-corrected chi connectivity index (χ1v) is 4.09. The molecule has 0 aliphatic rings. The van der Waals surface area contributed by atoms with Gasteiger partial charge in [0.2, 0.25) is 0 Å². The van der Waals surface area contributed by atoms with Crippen LogP contribution in [-0.2, 0) is 4.74 Å². The third-order valence-electron chi connectivity index (χ3n) is 2.13. The van der Waals surface area contributed by atoms with Crippen molar-refractivity contribution in [2.45, 2.75) is 20.8 Å². The van der Waals surface area contributed by atoms with Gasteiger partial charge in [-0.25, -0.2) is 0 Å². The molecule has 0 aromatic rings. The molecular weight excluding hydrogens is 126 g/mol. The van der Waals surface area contributed by atoms with Crippen LogP contribution in [0.4, 0.5) is 0 Å². The minimum absolute atomic E-state index is 0.827. The van der Waals surface area contributed by atoms with Gasteiger partial charge in [-0.15, -0.1) is 0 Å². The molecule has 10 heavy (non-hydrogen) atoms. The molecule has 0 spiro atoms. The Bertz CT molecular complexity index is 79.3. The zero-order chi connectivity index (χ0) is 8.04. The topological polar surface area (TPSA) is 9.23 Å². The van der Waals surface area contributed by atoms with Gasteiger partial charge in [-0.2, -0.15) is 0 Å². The second-order valence-electron chi connectivity index (χ2n) is 2.87. The van der Waals surface area contributed by atoms with E-state index in [1.807, 2.05) is 6.92 Å². The van der Waals surface area contributed by atoms with E-state index >= 15 is 0 Å². The second kappa shape index (κ2) is 4.69. The van der Waals surface area contributed by atoms with Crippen molar-refractivity contribution in [3.63, 3.8) is 0 Å². The van der Waals surface area contributed by atoms with E-state index in [0.29, 0.717) is 0 Å². The molecule has 2 heteroatoms. The van der Waals surface area contributed by atoms with E-state index in [-0.39, 0.29) is 0 Å². The lowest BCUT2D eigenvalue weighted by atomic mass is 10.5. The van der Waals surface area contributed by atoms with Crippen LogP contribution in [0.1, 0.15) is 20.8 Å². The van der Waals surface area contributed by atoms with Crippen LogP contribution < -0.4 is 0 Å². The first kappa shape index (κ1) is 9.92. The van der Waals surface area contributed by atoms with Crippen LogP contribution in [-0.4, -0.2) is 38.0 Å². The molecule has 2 nitrogen and oxygen atoms in total. The number of quaternary nitrogens is 1. The van der Waals surface area contributed by atoms with Crippen LogP contribution >= 0.6 is 0 Å². The van der Waals surface area contributed by atoms with Crippen LogP contribution in [0.15, 0.2) is 0 Å². The predicted molar refractivity (Wildman–Crippen MR) is 43.8 cm³/mol. The lowest BCUT2D eigenvalue weighted by Crippen LogP contribution is -2.45. The first-order valence-electron chi connectivity index (χ1n) is 4.09. The van der Waals surface area contributed by atoms with Gasteiger partial charge in [0.05, 0.1) is 20.1 Å². The Hall–Kier alpha value is -0.0800. The first-order chi connectivity index (χ1) is 4.68. The van der Waals surface area contributed by atoms with E-state index < -0.39 is 0 Å². The van der Waals surface area contributed by atoms with E-state index in [1.54, 1.807) is 0 Å². The maximum Gasteiger partial charge on any atom is 0.182 e. The van der Waals surface area contributed by atoms with Crippen LogP contribution in [0, 0.1) is 0 Å². The maximum atomic E-state index is 5.35. The number of nitrogens with zero attached hydrogens (tertiary/aromatic N) is 1.